The molecule has 3 aromatic carbocycles. The Balaban J connectivity index is 1.75. The van der Waals surface area contributed by atoms with E-state index in [2.05, 4.69) is 5.43 Å². The molecule has 1 heterocycles. The van der Waals surface area contributed by atoms with Crippen LogP contribution in [0.2, 0.25) is 5.02 Å². The van der Waals surface area contributed by atoms with Gasteiger partial charge >= 0.3 is 0 Å². The number of non-ortho nitro benzene ring substituents is 1. The Morgan fingerprint density at radius 3 is 2.31 bits per heavy atom. The number of nitrogens with one attached hydrogen (secondary N) is 1. The van der Waals surface area contributed by atoms with Gasteiger partial charge < -0.3 is 0 Å². The summed E-state index contributed by atoms with van der Waals surface area (Å²) in [6, 6.07) is 22.6. The number of benzene rings is 3. The van der Waals surface area contributed by atoms with Gasteiger partial charge in [-0.25, -0.2) is 5.01 Å². The van der Waals surface area contributed by atoms with Crippen LogP contribution >= 0.6 is 11.6 Å². The van der Waals surface area contributed by atoms with Gasteiger partial charge in [0.05, 0.1) is 27.2 Å². The molecule has 0 radical (unpaired) electrons. The van der Waals surface area contributed by atoms with Crippen molar-refractivity contribution in [1.82, 2.24) is 10.4 Å². The molecule has 3 aromatic rings. The van der Waals surface area contributed by atoms with Gasteiger partial charge in [-0.15, -0.1) is 0 Å². The quantitative estimate of drug-likeness (QED) is 0.490. The zero-order valence-electron chi connectivity index (χ0n) is 15.2. The molecule has 1 aliphatic heterocycles. The average Bonchev–Trinajstić information content (AvgIpc) is 3.20. The lowest BCUT2D eigenvalue weighted by Crippen LogP contribution is -2.39. The maximum atomic E-state index is 13.3. The van der Waals surface area contributed by atoms with E-state index in [1.807, 2.05) is 66.7 Å². The maximum Gasteiger partial charge on any atom is 0.274 e. The fourth-order valence-corrected chi connectivity index (χ4v) is 3.44. The molecule has 144 valence electrons. The van der Waals surface area contributed by atoms with Crippen molar-refractivity contribution in [2.75, 3.05) is 0 Å². The lowest BCUT2D eigenvalue weighted by atomic mass is 10.0. The van der Waals surface area contributed by atoms with Crippen molar-refractivity contribution in [3.8, 4) is 0 Å². The van der Waals surface area contributed by atoms with E-state index in [0.717, 1.165) is 16.8 Å². The fourth-order valence-electron chi connectivity index (χ4n) is 3.24. The van der Waals surface area contributed by atoms with E-state index in [9.17, 15) is 14.9 Å². The number of rotatable bonds is 4. The molecular weight excluding hydrogens is 390 g/mol. The highest BCUT2D eigenvalue weighted by molar-refractivity contribution is 6.34. The van der Waals surface area contributed by atoms with E-state index < -0.39 is 16.9 Å². The molecule has 0 unspecified atom stereocenters. The van der Waals surface area contributed by atoms with Crippen LogP contribution in [0.3, 0.4) is 0 Å². The van der Waals surface area contributed by atoms with Crippen molar-refractivity contribution in [2.45, 2.75) is 6.04 Å². The molecule has 1 atom stereocenters. The molecule has 6 nitrogen and oxygen atoms in total. The third kappa shape index (κ3) is 3.70. The van der Waals surface area contributed by atoms with E-state index >= 15 is 0 Å². The van der Waals surface area contributed by atoms with Gasteiger partial charge in [0.15, 0.2) is 0 Å². The molecule has 1 amide bonds. The number of nitro benzene ring substituents is 1. The van der Waals surface area contributed by atoms with Gasteiger partial charge in [-0.2, -0.15) is 0 Å². The Kier molecular flexibility index (Phi) is 5.01. The first-order valence-corrected chi connectivity index (χ1v) is 9.29. The van der Waals surface area contributed by atoms with Gasteiger partial charge in [-0.3, -0.25) is 20.3 Å². The van der Waals surface area contributed by atoms with Gasteiger partial charge in [0.2, 0.25) is 0 Å². The second kappa shape index (κ2) is 7.77. The van der Waals surface area contributed by atoms with Gasteiger partial charge in [-0.05, 0) is 23.3 Å². The third-order valence-corrected chi connectivity index (χ3v) is 5.01. The Morgan fingerprint density at radius 1 is 1.00 bits per heavy atom. The van der Waals surface area contributed by atoms with Crippen LogP contribution in [-0.2, 0) is 0 Å². The fraction of sp³-hybridized carbons (Fsp3) is 0.0455. The van der Waals surface area contributed by atoms with Crippen LogP contribution in [0.1, 0.15) is 27.5 Å². The zero-order chi connectivity index (χ0) is 20.4. The molecule has 1 N–H and O–H groups in total. The Bertz CT molecular complexity index is 1100. The second-order valence-corrected chi connectivity index (χ2v) is 6.92. The minimum absolute atomic E-state index is 0.0667. The van der Waals surface area contributed by atoms with Crippen LogP contribution in [-0.4, -0.2) is 15.8 Å². The average molecular weight is 406 g/mol. The minimum Gasteiger partial charge on any atom is -0.295 e. The van der Waals surface area contributed by atoms with Crippen molar-refractivity contribution in [2.24, 2.45) is 0 Å². The molecule has 0 saturated heterocycles. The summed E-state index contributed by atoms with van der Waals surface area (Å²) in [5.74, 6) is -0.449. The molecule has 7 heteroatoms. The third-order valence-electron chi connectivity index (χ3n) is 4.68. The lowest BCUT2D eigenvalue weighted by molar-refractivity contribution is -0.384. The van der Waals surface area contributed by atoms with Crippen LogP contribution in [0, 0.1) is 10.1 Å². The number of halogens is 1. The molecule has 0 bridgehead atoms. The van der Waals surface area contributed by atoms with Crippen LogP contribution in [0.5, 0.6) is 0 Å². The van der Waals surface area contributed by atoms with Crippen molar-refractivity contribution in [3.05, 3.63) is 117 Å². The van der Waals surface area contributed by atoms with Gasteiger partial charge in [0.1, 0.15) is 0 Å². The second-order valence-electron chi connectivity index (χ2n) is 6.51. The number of nitrogens with zero attached hydrogens (tertiary/aromatic N) is 2. The first kappa shape index (κ1) is 18.7. The molecule has 0 fully saturated rings. The van der Waals surface area contributed by atoms with Gasteiger partial charge in [-0.1, -0.05) is 72.3 Å². The maximum absolute atomic E-state index is 13.3. The van der Waals surface area contributed by atoms with Crippen molar-refractivity contribution >= 4 is 28.9 Å². The van der Waals surface area contributed by atoms with Gasteiger partial charge in [0, 0.05) is 12.1 Å². The number of hydrogen-bond acceptors (Lipinski definition) is 4. The summed E-state index contributed by atoms with van der Waals surface area (Å²) >= 11 is 6.21. The van der Waals surface area contributed by atoms with E-state index in [1.165, 1.54) is 23.2 Å². The number of hydrazine groups is 1. The summed E-state index contributed by atoms with van der Waals surface area (Å²) in [5, 5.41) is 12.7. The van der Waals surface area contributed by atoms with E-state index in [-0.39, 0.29) is 16.3 Å². The highest BCUT2D eigenvalue weighted by Crippen LogP contribution is 2.34. The molecule has 0 aliphatic carbocycles. The number of nitro groups is 1. The molecule has 4 rings (SSSR count). The van der Waals surface area contributed by atoms with Crippen LogP contribution < -0.4 is 5.43 Å². The van der Waals surface area contributed by atoms with E-state index in [4.69, 9.17) is 11.6 Å². The molecule has 0 aromatic heterocycles. The van der Waals surface area contributed by atoms with Crippen molar-refractivity contribution in [3.63, 3.8) is 0 Å². The Labute approximate surface area is 172 Å². The molecule has 0 spiro atoms. The first-order chi connectivity index (χ1) is 14.0. The summed E-state index contributed by atoms with van der Waals surface area (Å²) in [7, 11) is 0. The largest absolute Gasteiger partial charge is 0.295 e. The first-order valence-electron chi connectivity index (χ1n) is 8.91. The SMILES string of the molecule is O=C(c1cc([N+](=O)[O-])ccc1Cl)N1NC(c2ccccc2)=C[C@@H]1c1ccccc1. The molecular formula is C22H16ClN3O3. The summed E-state index contributed by atoms with van der Waals surface area (Å²) < 4.78 is 0. The van der Waals surface area contributed by atoms with Crippen molar-refractivity contribution < 1.29 is 9.72 Å². The Morgan fingerprint density at radius 2 is 1.66 bits per heavy atom. The standard InChI is InChI=1S/C22H16ClN3O3/c23-19-12-11-17(26(28)29)13-18(19)22(27)25-21(16-9-5-2-6-10-16)14-20(24-25)15-7-3-1-4-8-15/h1-14,21,24H/t21-/m1/s1. The highest BCUT2D eigenvalue weighted by atomic mass is 35.5. The van der Waals surface area contributed by atoms with Crippen LogP contribution in [0.15, 0.2) is 84.9 Å². The topological polar surface area (TPSA) is 75.5 Å². The predicted octanol–water partition coefficient (Wildman–Crippen LogP) is 4.99. The minimum atomic E-state index is -0.549. The lowest BCUT2D eigenvalue weighted by Gasteiger charge is -2.26. The van der Waals surface area contributed by atoms with E-state index in [0.29, 0.717) is 0 Å². The zero-order valence-corrected chi connectivity index (χ0v) is 15.9. The molecule has 0 saturated carbocycles. The number of hydrogen-bond donors (Lipinski definition) is 1. The number of carbonyl (C=O) groups excluding carboxylic acids is 1. The van der Waals surface area contributed by atoms with Crippen molar-refractivity contribution in [1.29, 1.82) is 0 Å². The number of amides is 1. The molecule has 29 heavy (non-hydrogen) atoms. The highest BCUT2D eigenvalue weighted by Gasteiger charge is 2.33. The Hall–Kier alpha value is -3.64. The van der Waals surface area contributed by atoms with E-state index in [1.54, 1.807) is 0 Å². The summed E-state index contributed by atoms with van der Waals surface area (Å²) in [6.07, 6.45) is 1.95. The molecule has 1 aliphatic rings. The van der Waals surface area contributed by atoms with Crippen LogP contribution in [0.25, 0.3) is 5.70 Å². The summed E-state index contributed by atoms with van der Waals surface area (Å²) in [5.41, 5.74) is 5.62. The summed E-state index contributed by atoms with van der Waals surface area (Å²) in [4.78, 5) is 23.9. The summed E-state index contributed by atoms with van der Waals surface area (Å²) in [6.45, 7) is 0. The predicted molar refractivity (Wildman–Crippen MR) is 111 cm³/mol. The van der Waals surface area contributed by atoms with Gasteiger partial charge in [0.25, 0.3) is 11.6 Å². The normalized spacial score (nSPS) is 15.6. The smallest absolute Gasteiger partial charge is 0.274 e. The van der Waals surface area contributed by atoms with Crippen LogP contribution in [0.4, 0.5) is 5.69 Å². The monoisotopic (exact) mass is 405 g/mol. The number of carbonyl (C=O) groups is 1.